The first-order chi connectivity index (χ1) is 10.6. The first kappa shape index (κ1) is 19.0. The Hall–Kier alpha value is -2.04. The van der Waals surface area contributed by atoms with E-state index in [9.17, 15) is 9.59 Å². The summed E-state index contributed by atoms with van der Waals surface area (Å²) in [6.45, 7) is 8.73. The molecule has 0 saturated carbocycles. The average molecular weight is 317 g/mol. The van der Waals surface area contributed by atoms with Crippen LogP contribution in [0.2, 0.25) is 0 Å². The highest BCUT2D eigenvalue weighted by molar-refractivity contribution is 6.05. The Morgan fingerprint density at radius 3 is 2.22 bits per heavy atom. The van der Waals surface area contributed by atoms with Crippen LogP contribution < -0.4 is 0 Å². The van der Waals surface area contributed by atoms with E-state index in [1.54, 1.807) is 11.7 Å². The molecule has 0 aliphatic rings. The number of ketones is 2. The third kappa shape index (κ3) is 4.47. The van der Waals surface area contributed by atoms with Crippen LogP contribution in [0, 0.1) is 12.3 Å². The van der Waals surface area contributed by atoms with E-state index in [-0.39, 0.29) is 11.6 Å². The minimum absolute atomic E-state index is 0.109. The molecule has 0 aliphatic heterocycles. The Bertz CT molecular complexity index is 652. The SMILES string of the molecule is CN=C(C)/C=C(\C)CC(Cc1cc(C)nn1C)(C(C)=O)C(C)=O. The van der Waals surface area contributed by atoms with Crippen LogP contribution in [0.15, 0.2) is 22.7 Å². The number of carbonyl (C=O) groups excluding carboxylic acids is 2. The molecule has 0 aliphatic carbocycles. The van der Waals surface area contributed by atoms with Crippen molar-refractivity contribution in [1.29, 1.82) is 0 Å². The second kappa shape index (κ2) is 7.49. The fourth-order valence-electron chi connectivity index (χ4n) is 2.90. The predicted molar refractivity (Wildman–Crippen MR) is 92.9 cm³/mol. The predicted octanol–water partition coefficient (Wildman–Crippen LogP) is 2.86. The lowest BCUT2D eigenvalue weighted by atomic mass is 9.71. The molecule has 1 rings (SSSR count). The van der Waals surface area contributed by atoms with Gasteiger partial charge < -0.3 is 0 Å². The summed E-state index contributed by atoms with van der Waals surface area (Å²) in [5, 5.41) is 4.32. The van der Waals surface area contributed by atoms with E-state index in [1.807, 2.05) is 40.0 Å². The molecule has 0 atom stereocenters. The summed E-state index contributed by atoms with van der Waals surface area (Å²) >= 11 is 0. The van der Waals surface area contributed by atoms with E-state index in [0.717, 1.165) is 22.7 Å². The number of rotatable bonds is 7. The van der Waals surface area contributed by atoms with Gasteiger partial charge in [0.05, 0.1) is 11.1 Å². The molecule has 0 radical (unpaired) electrons. The molecule has 0 saturated heterocycles. The Morgan fingerprint density at radius 2 is 1.83 bits per heavy atom. The average Bonchev–Trinajstić information content (AvgIpc) is 2.74. The number of carbonyl (C=O) groups is 2. The number of hydrogen-bond donors (Lipinski definition) is 0. The van der Waals surface area contributed by atoms with Crippen LogP contribution in [0.25, 0.3) is 0 Å². The lowest BCUT2D eigenvalue weighted by Crippen LogP contribution is -2.39. The van der Waals surface area contributed by atoms with Crippen LogP contribution >= 0.6 is 0 Å². The molecule has 23 heavy (non-hydrogen) atoms. The van der Waals surface area contributed by atoms with Crippen molar-refractivity contribution in [2.45, 2.75) is 47.5 Å². The third-order valence-corrected chi connectivity index (χ3v) is 4.32. The molecule has 5 heteroatoms. The van der Waals surface area contributed by atoms with E-state index >= 15 is 0 Å². The topological polar surface area (TPSA) is 64.3 Å². The second-order valence-corrected chi connectivity index (χ2v) is 6.30. The van der Waals surface area contributed by atoms with Crippen LogP contribution in [-0.2, 0) is 23.1 Å². The molecule has 0 unspecified atom stereocenters. The lowest BCUT2D eigenvalue weighted by Gasteiger charge is -2.29. The number of Topliss-reactive ketones (excluding diaryl/α,β-unsaturated/α-hetero) is 2. The van der Waals surface area contributed by atoms with Crippen molar-refractivity contribution in [3.8, 4) is 0 Å². The number of aromatic nitrogens is 2. The maximum absolute atomic E-state index is 12.4. The molecule has 0 spiro atoms. The maximum atomic E-state index is 12.4. The van der Waals surface area contributed by atoms with Crippen molar-refractivity contribution in [2.75, 3.05) is 7.05 Å². The van der Waals surface area contributed by atoms with E-state index in [1.165, 1.54) is 13.8 Å². The fourth-order valence-corrected chi connectivity index (χ4v) is 2.90. The zero-order valence-electron chi connectivity index (χ0n) is 15.2. The molecule has 0 aromatic carbocycles. The summed E-state index contributed by atoms with van der Waals surface area (Å²) in [6.07, 6.45) is 2.69. The molecule has 0 fully saturated rings. The van der Waals surface area contributed by atoms with Gasteiger partial charge in [-0.15, -0.1) is 0 Å². The van der Waals surface area contributed by atoms with Crippen molar-refractivity contribution in [1.82, 2.24) is 9.78 Å². The van der Waals surface area contributed by atoms with Gasteiger partial charge in [0.1, 0.15) is 11.6 Å². The number of allylic oxidation sites excluding steroid dienone is 2. The second-order valence-electron chi connectivity index (χ2n) is 6.30. The highest BCUT2D eigenvalue weighted by atomic mass is 16.2. The van der Waals surface area contributed by atoms with Gasteiger partial charge >= 0.3 is 0 Å². The van der Waals surface area contributed by atoms with E-state index < -0.39 is 5.41 Å². The van der Waals surface area contributed by atoms with Crippen LogP contribution in [-0.4, -0.2) is 34.1 Å². The molecule has 0 N–H and O–H groups in total. The molecular formula is C18H27N3O2. The maximum Gasteiger partial charge on any atom is 0.144 e. The number of hydrogen-bond acceptors (Lipinski definition) is 4. The first-order valence-corrected chi connectivity index (χ1v) is 7.74. The van der Waals surface area contributed by atoms with Crippen LogP contribution in [0.1, 0.15) is 45.5 Å². The molecule has 1 aromatic rings. The highest BCUT2D eigenvalue weighted by Gasteiger charge is 2.41. The van der Waals surface area contributed by atoms with E-state index in [2.05, 4.69) is 10.1 Å². The zero-order chi connectivity index (χ0) is 17.8. The Labute approximate surface area is 138 Å². The van der Waals surface area contributed by atoms with Gasteiger partial charge in [0.25, 0.3) is 0 Å². The molecule has 126 valence electrons. The van der Waals surface area contributed by atoms with Crippen LogP contribution in [0.5, 0.6) is 0 Å². The lowest BCUT2D eigenvalue weighted by molar-refractivity contribution is -0.138. The molecule has 5 nitrogen and oxygen atoms in total. The largest absolute Gasteiger partial charge is 0.299 e. The van der Waals surface area contributed by atoms with Crippen molar-refractivity contribution < 1.29 is 9.59 Å². The highest BCUT2D eigenvalue weighted by Crippen LogP contribution is 2.33. The fraction of sp³-hybridized carbons (Fsp3) is 0.556. The number of aryl methyl sites for hydroxylation is 2. The minimum atomic E-state index is -1.05. The molecular weight excluding hydrogens is 290 g/mol. The Morgan fingerprint density at radius 1 is 1.26 bits per heavy atom. The summed E-state index contributed by atoms with van der Waals surface area (Å²) in [7, 11) is 3.56. The standard InChI is InChI=1S/C18H27N3O2/c1-12(8-13(2)19-6)10-18(15(4)22,16(5)23)11-17-9-14(3)20-21(17)7/h8-9H,10-11H2,1-7H3/b12-8+,19-13?. The molecule has 0 bridgehead atoms. The van der Waals surface area contributed by atoms with Gasteiger partial charge in [0.15, 0.2) is 0 Å². The van der Waals surface area contributed by atoms with E-state index in [4.69, 9.17) is 0 Å². The van der Waals surface area contributed by atoms with Crippen LogP contribution in [0.3, 0.4) is 0 Å². The summed E-state index contributed by atoms with van der Waals surface area (Å²) < 4.78 is 1.74. The van der Waals surface area contributed by atoms with E-state index in [0.29, 0.717) is 12.8 Å². The zero-order valence-corrected chi connectivity index (χ0v) is 15.2. The summed E-state index contributed by atoms with van der Waals surface area (Å²) in [5.41, 5.74) is 2.57. The van der Waals surface area contributed by atoms with Gasteiger partial charge in [-0.05, 0) is 53.2 Å². The van der Waals surface area contributed by atoms with Crippen molar-refractivity contribution in [2.24, 2.45) is 17.5 Å². The van der Waals surface area contributed by atoms with Gasteiger partial charge in [0.2, 0.25) is 0 Å². The molecule has 1 heterocycles. The smallest absolute Gasteiger partial charge is 0.144 e. The molecule has 0 amide bonds. The van der Waals surface area contributed by atoms with Gasteiger partial charge in [-0.3, -0.25) is 19.3 Å². The summed E-state index contributed by atoms with van der Waals surface area (Å²) in [5.74, 6) is -0.217. The van der Waals surface area contributed by atoms with Crippen molar-refractivity contribution in [3.05, 3.63) is 29.1 Å². The number of nitrogens with zero attached hydrogens (tertiary/aromatic N) is 3. The van der Waals surface area contributed by atoms with Gasteiger partial charge in [0, 0.05) is 31.9 Å². The van der Waals surface area contributed by atoms with Crippen LogP contribution in [0.4, 0.5) is 0 Å². The van der Waals surface area contributed by atoms with Gasteiger partial charge in [-0.1, -0.05) is 5.57 Å². The monoisotopic (exact) mass is 317 g/mol. The number of aliphatic imine (C=N–C) groups is 1. The Kier molecular flexibility index (Phi) is 6.19. The summed E-state index contributed by atoms with van der Waals surface area (Å²) in [4.78, 5) is 28.9. The third-order valence-electron chi connectivity index (χ3n) is 4.32. The normalized spacial score (nSPS) is 13.3. The summed E-state index contributed by atoms with van der Waals surface area (Å²) in [6, 6.07) is 1.93. The van der Waals surface area contributed by atoms with Crippen molar-refractivity contribution in [3.63, 3.8) is 0 Å². The first-order valence-electron chi connectivity index (χ1n) is 7.74. The quantitative estimate of drug-likeness (QED) is 0.574. The minimum Gasteiger partial charge on any atom is -0.299 e. The van der Waals surface area contributed by atoms with Gasteiger partial charge in [-0.25, -0.2) is 0 Å². The van der Waals surface area contributed by atoms with Crippen molar-refractivity contribution >= 4 is 17.3 Å². The molecule has 1 aromatic heterocycles. The van der Waals surface area contributed by atoms with Gasteiger partial charge in [-0.2, -0.15) is 5.10 Å². The Balaban J connectivity index is 3.28.